The minimum atomic E-state index is -1.08. The summed E-state index contributed by atoms with van der Waals surface area (Å²) in [7, 11) is 0. The second kappa shape index (κ2) is 4.86. The molecule has 0 atom stereocenters. The molecule has 72 valence electrons. The number of hydrogen-bond donors (Lipinski definition) is 2. The fourth-order valence-corrected chi connectivity index (χ4v) is 1.63. The summed E-state index contributed by atoms with van der Waals surface area (Å²) in [5.74, 6) is 5.62. The van der Waals surface area contributed by atoms with E-state index in [1.165, 1.54) is 0 Å². The Bertz CT molecular complexity index is 418. The van der Waals surface area contributed by atoms with E-state index in [1.54, 1.807) is 19.1 Å². The second-order valence-electron chi connectivity index (χ2n) is 2.47. The quantitative estimate of drug-likeness (QED) is 0.619. The first-order valence-corrected chi connectivity index (χ1v) is 4.94. The summed E-state index contributed by atoms with van der Waals surface area (Å²) in [4.78, 5) is 10.5. The Morgan fingerprint density at radius 3 is 2.86 bits per heavy atom. The first kappa shape index (κ1) is 10.9. The van der Waals surface area contributed by atoms with E-state index in [0.29, 0.717) is 5.69 Å². The smallest absolute Gasteiger partial charge is 0.409 e. The Morgan fingerprint density at radius 1 is 1.57 bits per heavy atom. The Morgan fingerprint density at radius 2 is 2.29 bits per heavy atom. The van der Waals surface area contributed by atoms with Gasteiger partial charge in [0.25, 0.3) is 0 Å². The molecule has 1 amide bonds. The van der Waals surface area contributed by atoms with Gasteiger partial charge in [-0.25, -0.2) is 4.79 Å². The van der Waals surface area contributed by atoms with Gasteiger partial charge in [-0.15, -0.1) is 5.92 Å². The monoisotopic (exact) mass is 301 g/mol. The fraction of sp³-hybridized carbons (Fsp3) is 0.100. The average Bonchev–Trinajstić information content (AvgIpc) is 2.10. The van der Waals surface area contributed by atoms with Gasteiger partial charge in [0.05, 0.1) is 11.3 Å². The third kappa shape index (κ3) is 2.64. The SMILES string of the molecule is CC#Cc1c(I)cccc1NC(=O)O. The Balaban J connectivity index is 3.18. The molecular weight excluding hydrogens is 293 g/mol. The molecule has 4 heteroatoms. The summed E-state index contributed by atoms with van der Waals surface area (Å²) in [5.41, 5.74) is 1.25. The van der Waals surface area contributed by atoms with Crippen molar-refractivity contribution in [1.29, 1.82) is 0 Å². The topological polar surface area (TPSA) is 49.3 Å². The molecule has 1 aromatic carbocycles. The van der Waals surface area contributed by atoms with Gasteiger partial charge >= 0.3 is 6.09 Å². The Kier molecular flexibility index (Phi) is 3.77. The maximum Gasteiger partial charge on any atom is 0.409 e. The van der Waals surface area contributed by atoms with Crippen LogP contribution in [0.25, 0.3) is 0 Å². The molecule has 0 aromatic heterocycles. The molecular formula is C10H8INO2. The highest BCUT2D eigenvalue weighted by Crippen LogP contribution is 2.20. The number of amides is 1. The average molecular weight is 301 g/mol. The van der Waals surface area contributed by atoms with Gasteiger partial charge in [-0.1, -0.05) is 12.0 Å². The van der Waals surface area contributed by atoms with Crippen LogP contribution < -0.4 is 5.32 Å². The van der Waals surface area contributed by atoms with Gasteiger partial charge in [-0.05, 0) is 41.6 Å². The van der Waals surface area contributed by atoms with Crippen molar-refractivity contribution >= 4 is 34.4 Å². The minimum absolute atomic E-state index is 0.527. The van der Waals surface area contributed by atoms with Gasteiger partial charge in [-0.2, -0.15) is 0 Å². The molecule has 0 aliphatic carbocycles. The van der Waals surface area contributed by atoms with Gasteiger partial charge in [0.1, 0.15) is 0 Å². The highest BCUT2D eigenvalue weighted by molar-refractivity contribution is 14.1. The standard InChI is InChI=1S/C10H8INO2/c1-2-4-7-8(11)5-3-6-9(7)12-10(13)14/h3,5-6,12H,1H3,(H,13,14). The van der Waals surface area contributed by atoms with Gasteiger partial charge < -0.3 is 5.11 Å². The molecule has 0 aliphatic rings. The normalized spacial score (nSPS) is 8.71. The third-order valence-corrected chi connectivity index (χ3v) is 2.40. The summed E-state index contributed by atoms with van der Waals surface area (Å²) in [6, 6.07) is 5.36. The lowest BCUT2D eigenvalue weighted by Crippen LogP contribution is -2.09. The number of benzene rings is 1. The van der Waals surface area contributed by atoms with E-state index < -0.39 is 6.09 Å². The lowest BCUT2D eigenvalue weighted by molar-refractivity contribution is 0.209. The molecule has 0 fully saturated rings. The van der Waals surface area contributed by atoms with Crippen molar-refractivity contribution in [2.75, 3.05) is 5.32 Å². The summed E-state index contributed by atoms with van der Waals surface area (Å²) < 4.78 is 0.934. The highest BCUT2D eigenvalue weighted by Gasteiger charge is 2.05. The van der Waals surface area contributed by atoms with Crippen LogP contribution in [0.2, 0.25) is 0 Å². The number of anilines is 1. The molecule has 0 saturated carbocycles. The van der Waals surface area contributed by atoms with Crippen LogP contribution in [0.4, 0.5) is 10.5 Å². The molecule has 0 unspecified atom stereocenters. The lowest BCUT2D eigenvalue weighted by atomic mass is 10.2. The molecule has 0 spiro atoms. The number of hydrogen-bond acceptors (Lipinski definition) is 1. The number of carboxylic acid groups (broad SMARTS) is 1. The fourth-order valence-electron chi connectivity index (χ4n) is 0.996. The molecule has 0 heterocycles. The van der Waals surface area contributed by atoms with Crippen molar-refractivity contribution in [3.8, 4) is 11.8 Å². The van der Waals surface area contributed by atoms with Crippen molar-refractivity contribution in [2.45, 2.75) is 6.92 Å². The van der Waals surface area contributed by atoms with E-state index in [4.69, 9.17) is 5.11 Å². The van der Waals surface area contributed by atoms with Gasteiger partial charge in [-0.3, -0.25) is 5.32 Å². The maximum atomic E-state index is 10.5. The van der Waals surface area contributed by atoms with Gasteiger partial charge in [0.2, 0.25) is 0 Å². The largest absolute Gasteiger partial charge is 0.465 e. The molecule has 0 radical (unpaired) electrons. The maximum absolute atomic E-state index is 10.5. The summed E-state index contributed by atoms with van der Waals surface area (Å²) in [5, 5.41) is 10.9. The first-order valence-electron chi connectivity index (χ1n) is 3.86. The zero-order valence-corrected chi connectivity index (χ0v) is 9.62. The van der Waals surface area contributed by atoms with Crippen LogP contribution >= 0.6 is 22.6 Å². The van der Waals surface area contributed by atoms with Crippen LogP contribution in [0.15, 0.2) is 18.2 Å². The molecule has 0 aliphatic heterocycles. The number of rotatable bonds is 1. The van der Waals surface area contributed by atoms with Crippen LogP contribution in [-0.2, 0) is 0 Å². The number of nitrogens with one attached hydrogen (secondary N) is 1. The predicted octanol–water partition coefficient (Wildman–Crippen LogP) is 2.75. The van der Waals surface area contributed by atoms with Crippen LogP contribution in [0, 0.1) is 15.4 Å². The van der Waals surface area contributed by atoms with E-state index in [1.807, 2.05) is 6.07 Å². The van der Waals surface area contributed by atoms with Crippen molar-refractivity contribution in [1.82, 2.24) is 0 Å². The zero-order valence-electron chi connectivity index (χ0n) is 7.47. The predicted molar refractivity (Wildman–Crippen MR) is 63.4 cm³/mol. The van der Waals surface area contributed by atoms with Crippen LogP contribution in [0.3, 0.4) is 0 Å². The van der Waals surface area contributed by atoms with Gasteiger partial charge in [0.15, 0.2) is 0 Å². The van der Waals surface area contributed by atoms with E-state index >= 15 is 0 Å². The van der Waals surface area contributed by atoms with Crippen molar-refractivity contribution in [2.24, 2.45) is 0 Å². The molecule has 0 bridgehead atoms. The molecule has 0 saturated heterocycles. The zero-order chi connectivity index (χ0) is 10.6. The summed E-state index contributed by atoms with van der Waals surface area (Å²) in [6.07, 6.45) is -1.08. The van der Waals surface area contributed by atoms with Crippen LogP contribution in [-0.4, -0.2) is 11.2 Å². The molecule has 2 N–H and O–H groups in total. The molecule has 1 aromatic rings. The second-order valence-corrected chi connectivity index (χ2v) is 3.63. The lowest BCUT2D eigenvalue weighted by Gasteiger charge is -2.05. The number of halogens is 1. The van der Waals surface area contributed by atoms with E-state index in [9.17, 15) is 4.79 Å². The summed E-state index contributed by atoms with van der Waals surface area (Å²) >= 11 is 2.12. The van der Waals surface area contributed by atoms with Crippen LogP contribution in [0.5, 0.6) is 0 Å². The molecule has 14 heavy (non-hydrogen) atoms. The highest BCUT2D eigenvalue weighted by atomic mass is 127. The van der Waals surface area contributed by atoms with Crippen LogP contribution in [0.1, 0.15) is 12.5 Å². The van der Waals surface area contributed by atoms with Crippen molar-refractivity contribution in [3.63, 3.8) is 0 Å². The number of carbonyl (C=O) groups is 1. The minimum Gasteiger partial charge on any atom is -0.465 e. The Hall–Kier alpha value is -1.22. The summed E-state index contributed by atoms with van der Waals surface area (Å²) in [6.45, 7) is 1.72. The van der Waals surface area contributed by atoms with E-state index in [2.05, 4.69) is 39.7 Å². The van der Waals surface area contributed by atoms with E-state index in [-0.39, 0.29) is 0 Å². The molecule has 1 rings (SSSR count). The van der Waals surface area contributed by atoms with Gasteiger partial charge in [0, 0.05) is 3.57 Å². The van der Waals surface area contributed by atoms with E-state index in [0.717, 1.165) is 9.13 Å². The van der Waals surface area contributed by atoms with Crippen molar-refractivity contribution in [3.05, 3.63) is 27.3 Å². The third-order valence-electron chi connectivity index (χ3n) is 1.51. The first-order chi connectivity index (χ1) is 6.65. The van der Waals surface area contributed by atoms with Crippen molar-refractivity contribution < 1.29 is 9.90 Å². The Labute approximate surface area is 95.7 Å². The molecule has 3 nitrogen and oxygen atoms in total.